The second kappa shape index (κ2) is 10.0. The Bertz CT molecular complexity index is 1330. The predicted octanol–water partition coefficient (Wildman–Crippen LogP) is 1.72. The molecule has 11 nitrogen and oxygen atoms in total. The Morgan fingerprint density at radius 2 is 1.95 bits per heavy atom. The molecule has 0 aromatic heterocycles. The van der Waals surface area contributed by atoms with Gasteiger partial charge < -0.3 is 25.2 Å². The standard InChI is InChI=1S/C30H38N6O5/c1-30(2,3)41-29(40)33-22(27(38)35-19(13-31)10-18-11-24(18)35)15-34-14-20-12-25(34)28(39)36(20)23-8-6-16-9-17(26(37)32-4)5-7-21(16)23/h5,7,9,18-20,22-25H,6,8,10-12,14-15H2,1-4H3,(H,32,37)(H,33,40)/t18-,19+,20-,22+,23+,24+,25-/m1/s1. The van der Waals surface area contributed by atoms with Gasteiger partial charge in [0.15, 0.2) is 0 Å². The van der Waals surface area contributed by atoms with Gasteiger partial charge in [-0.3, -0.25) is 19.3 Å². The van der Waals surface area contributed by atoms with Crippen LogP contribution in [0.4, 0.5) is 4.79 Å². The van der Waals surface area contributed by atoms with Crippen molar-refractivity contribution in [2.45, 2.75) is 94.7 Å². The van der Waals surface area contributed by atoms with Gasteiger partial charge in [0.05, 0.1) is 18.2 Å². The fourth-order valence-electron chi connectivity index (χ4n) is 7.41. The van der Waals surface area contributed by atoms with Gasteiger partial charge in [0.25, 0.3) is 5.91 Å². The van der Waals surface area contributed by atoms with Crippen LogP contribution in [0.5, 0.6) is 0 Å². The highest BCUT2D eigenvalue weighted by atomic mass is 16.6. The van der Waals surface area contributed by atoms with Gasteiger partial charge in [0.2, 0.25) is 11.8 Å². The zero-order valence-electron chi connectivity index (χ0n) is 24.1. The number of nitrogens with zero attached hydrogens (tertiary/aromatic N) is 4. The molecule has 0 spiro atoms. The topological polar surface area (TPSA) is 135 Å². The molecule has 41 heavy (non-hydrogen) atoms. The van der Waals surface area contributed by atoms with Crippen molar-refractivity contribution in [2.24, 2.45) is 5.92 Å². The number of fused-ring (bicyclic) bond motifs is 4. The molecule has 1 aromatic carbocycles. The van der Waals surface area contributed by atoms with Gasteiger partial charge in [-0.05, 0) is 82.1 Å². The number of hydrogen-bond donors (Lipinski definition) is 2. The zero-order chi connectivity index (χ0) is 29.2. The molecule has 11 heteroatoms. The second-order valence-electron chi connectivity index (χ2n) is 13.0. The predicted molar refractivity (Wildman–Crippen MR) is 147 cm³/mol. The van der Waals surface area contributed by atoms with E-state index < -0.39 is 23.8 Å². The zero-order valence-corrected chi connectivity index (χ0v) is 24.1. The number of carbonyl (C=O) groups excluding carboxylic acids is 4. The van der Waals surface area contributed by atoms with E-state index in [1.807, 2.05) is 28.0 Å². The van der Waals surface area contributed by atoms with Crippen molar-refractivity contribution in [1.82, 2.24) is 25.3 Å². The molecule has 0 unspecified atom stereocenters. The molecule has 218 valence electrons. The highest BCUT2D eigenvalue weighted by Gasteiger charge is 2.57. The van der Waals surface area contributed by atoms with Crippen molar-refractivity contribution in [2.75, 3.05) is 20.1 Å². The summed E-state index contributed by atoms with van der Waals surface area (Å²) in [5, 5.41) is 15.1. The maximum Gasteiger partial charge on any atom is 0.408 e. The van der Waals surface area contributed by atoms with Gasteiger partial charge >= 0.3 is 6.09 Å². The number of benzene rings is 1. The molecule has 3 heterocycles. The van der Waals surface area contributed by atoms with Gasteiger partial charge in [-0.25, -0.2) is 4.79 Å². The number of aryl methyl sites for hydroxylation is 1. The smallest absolute Gasteiger partial charge is 0.408 e. The molecule has 1 saturated carbocycles. The molecule has 7 atom stereocenters. The molecule has 6 rings (SSSR count). The molecule has 5 aliphatic rings. The lowest BCUT2D eigenvalue weighted by molar-refractivity contribution is -0.141. The molecule has 3 saturated heterocycles. The summed E-state index contributed by atoms with van der Waals surface area (Å²) >= 11 is 0. The quantitative estimate of drug-likeness (QED) is 0.539. The van der Waals surface area contributed by atoms with Gasteiger partial charge in [0, 0.05) is 37.8 Å². The van der Waals surface area contributed by atoms with Crippen molar-refractivity contribution in [3.63, 3.8) is 0 Å². The minimum absolute atomic E-state index is 0.00537. The molecule has 3 aliphatic heterocycles. The Kier molecular flexibility index (Phi) is 6.72. The first-order valence-electron chi connectivity index (χ1n) is 14.6. The maximum absolute atomic E-state index is 13.8. The van der Waals surface area contributed by atoms with E-state index in [2.05, 4.69) is 16.7 Å². The van der Waals surface area contributed by atoms with Crippen molar-refractivity contribution >= 4 is 23.8 Å². The van der Waals surface area contributed by atoms with E-state index in [0.717, 1.165) is 30.4 Å². The van der Waals surface area contributed by atoms with Gasteiger partial charge in [0.1, 0.15) is 17.7 Å². The first-order valence-corrected chi connectivity index (χ1v) is 14.6. The van der Waals surface area contributed by atoms with E-state index in [1.54, 1.807) is 32.7 Å². The fourth-order valence-corrected chi connectivity index (χ4v) is 7.41. The van der Waals surface area contributed by atoms with E-state index in [4.69, 9.17) is 4.74 Å². The molecule has 2 aliphatic carbocycles. The maximum atomic E-state index is 13.8. The molecule has 2 N–H and O–H groups in total. The van der Waals surface area contributed by atoms with Crippen LogP contribution in [0.25, 0.3) is 0 Å². The van der Waals surface area contributed by atoms with Crippen molar-refractivity contribution in [3.05, 3.63) is 34.9 Å². The number of piperazine rings is 1. The normalized spacial score (nSPS) is 30.5. The van der Waals surface area contributed by atoms with E-state index in [-0.39, 0.29) is 48.4 Å². The van der Waals surface area contributed by atoms with Crippen molar-refractivity contribution < 1.29 is 23.9 Å². The number of piperidine rings is 1. The summed E-state index contributed by atoms with van der Waals surface area (Å²) in [5.74, 6) is -0.0163. The van der Waals surface area contributed by atoms with E-state index in [1.165, 1.54) is 0 Å². The summed E-state index contributed by atoms with van der Waals surface area (Å²) in [6.07, 6.45) is 3.16. The molecule has 4 fully saturated rings. The minimum Gasteiger partial charge on any atom is -0.444 e. The Balaban J connectivity index is 1.17. The van der Waals surface area contributed by atoms with E-state index in [9.17, 15) is 24.4 Å². The molecule has 4 amide bonds. The van der Waals surface area contributed by atoms with Crippen LogP contribution in [-0.4, -0.2) is 94.5 Å². The average Bonchev–Trinajstić information content (AvgIpc) is 3.24. The second-order valence-corrected chi connectivity index (χ2v) is 13.0. The monoisotopic (exact) mass is 562 g/mol. The Morgan fingerprint density at radius 1 is 1.17 bits per heavy atom. The molecule has 0 radical (unpaired) electrons. The number of alkyl carbamates (subject to hydrolysis) is 1. The molecular formula is C30H38N6O5. The SMILES string of the molecule is CNC(=O)c1ccc2c(c1)CC[C@@H]2N1C(=O)[C@H]2C[C@@H]1CN2C[C@H](NC(=O)OC(C)(C)C)C(=O)N1[C@H](C#N)C[C@@H]2C[C@@H]21. The summed E-state index contributed by atoms with van der Waals surface area (Å²) in [7, 11) is 1.61. The number of hydrogen-bond acceptors (Lipinski definition) is 7. The van der Waals surface area contributed by atoms with Crippen LogP contribution in [0.1, 0.15) is 74.0 Å². The van der Waals surface area contributed by atoms with Crippen LogP contribution in [0.3, 0.4) is 0 Å². The Morgan fingerprint density at radius 3 is 2.63 bits per heavy atom. The first kappa shape index (κ1) is 27.5. The average molecular weight is 563 g/mol. The van der Waals surface area contributed by atoms with Gasteiger partial charge in [-0.1, -0.05) is 6.07 Å². The lowest BCUT2D eigenvalue weighted by Crippen LogP contribution is -2.59. The number of likely N-dealkylation sites (tertiary alicyclic amines) is 3. The fraction of sp³-hybridized carbons (Fsp3) is 0.633. The third-order valence-corrected chi connectivity index (χ3v) is 9.24. The van der Waals surface area contributed by atoms with Gasteiger partial charge in [-0.2, -0.15) is 5.26 Å². The van der Waals surface area contributed by atoms with Gasteiger partial charge in [-0.15, -0.1) is 0 Å². The largest absolute Gasteiger partial charge is 0.444 e. The number of ether oxygens (including phenoxy) is 1. The lowest BCUT2D eigenvalue weighted by atomic mass is 10.0. The van der Waals surface area contributed by atoms with Crippen LogP contribution in [0.15, 0.2) is 18.2 Å². The van der Waals surface area contributed by atoms with E-state index in [0.29, 0.717) is 30.9 Å². The number of nitrogens with one attached hydrogen (secondary N) is 2. The highest BCUT2D eigenvalue weighted by Crippen LogP contribution is 2.48. The number of amides is 4. The number of carbonyl (C=O) groups is 4. The Hall–Kier alpha value is -3.65. The Labute approximate surface area is 240 Å². The van der Waals surface area contributed by atoms with Crippen LogP contribution in [0, 0.1) is 17.2 Å². The van der Waals surface area contributed by atoms with E-state index >= 15 is 0 Å². The summed E-state index contributed by atoms with van der Waals surface area (Å²) < 4.78 is 5.46. The van der Waals surface area contributed by atoms with Crippen LogP contribution in [-0.2, 0) is 20.7 Å². The lowest BCUT2D eigenvalue weighted by Gasteiger charge is -2.39. The summed E-state index contributed by atoms with van der Waals surface area (Å²) in [4.78, 5) is 58.1. The highest BCUT2D eigenvalue weighted by molar-refractivity contribution is 5.94. The molecule has 2 bridgehead atoms. The molecular weight excluding hydrogens is 524 g/mol. The first-order chi connectivity index (χ1) is 19.5. The van der Waals surface area contributed by atoms with Crippen LogP contribution < -0.4 is 10.6 Å². The van der Waals surface area contributed by atoms with Crippen molar-refractivity contribution in [3.8, 4) is 6.07 Å². The third-order valence-electron chi connectivity index (χ3n) is 9.24. The summed E-state index contributed by atoms with van der Waals surface area (Å²) in [5.41, 5.74) is 2.09. The summed E-state index contributed by atoms with van der Waals surface area (Å²) in [6, 6.07) is 6.21. The molecule has 1 aromatic rings. The van der Waals surface area contributed by atoms with Crippen LogP contribution >= 0.6 is 0 Å². The number of rotatable bonds is 6. The summed E-state index contributed by atoms with van der Waals surface area (Å²) in [6.45, 7) is 6.07. The minimum atomic E-state index is -0.920. The third kappa shape index (κ3) is 4.92. The van der Waals surface area contributed by atoms with Crippen LogP contribution in [0.2, 0.25) is 0 Å². The van der Waals surface area contributed by atoms with Crippen molar-refractivity contribution in [1.29, 1.82) is 5.26 Å². The number of nitriles is 1.